The summed E-state index contributed by atoms with van der Waals surface area (Å²) < 4.78 is 0. The summed E-state index contributed by atoms with van der Waals surface area (Å²) in [4.78, 5) is 23.5. The second-order valence-electron chi connectivity index (χ2n) is 5.54. The molecule has 0 radical (unpaired) electrons. The van der Waals surface area contributed by atoms with E-state index in [2.05, 4.69) is 10.6 Å². The van der Waals surface area contributed by atoms with Crippen molar-refractivity contribution < 1.29 is 9.59 Å². The van der Waals surface area contributed by atoms with Crippen LogP contribution in [-0.4, -0.2) is 11.9 Å². The van der Waals surface area contributed by atoms with Crippen LogP contribution >= 0.6 is 0 Å². The molecule has 2 aromatic rings. The third-order valence-electron chi connectivity index (χ3n) is 3.61. The molecule has 1 atom stereocenters. The monoisotopic (exact) mass is 311 g/mol. The van der Waals surface area contributed by atoms with Crippen LogP contribution in [0.15, 0.2) is 48.5 Å². The molecule has 5 heteroatoms. The predicted octanol–water partition coefficient (Wildman–Crippen LogP) is 3.04. The molecule has 0 saturated heterocycles. The van der Waals surface area contributed by atoms with Gasteiger partial charge in [-0.1, -0.05) is 42.0 Å². The minimum Gasteiger partial charge on any atom is -0.352 e. The average molecular weight is 311 g/mol. The first-order valence-electron chi connectivity index (χ1n) is 7.43. The van der Waals surface area contributed by atoms with E-state index in [1.165, 1.54) is 0 Å². The quantitative estimate of drug-likeness (QED) is 0.793. The number of nitrogens with one attached hydrogen (secondary N) is 2. The predicted molar refractivity (Wildman–Crippen MR) is 91.1 cm³/mol. The smallest absolute Gasteiger partial charge is 0.312 e. The molecule has 0 aliphatic carbocycles. The Hall–Kier alpha value is -2.82. The summed E-state index contributed by atoms with van der Waals surface area (Å²) >= 11 is 0. The Morgan fingerprint density at radius 3 is 2.30 bits per heavy atom. The molecule has 23 heavy (non-hydrogen) atoms. The summed E-state index contributed by atoms with van der Waals surface area (Å²) in [6.07, 6.45) is 0.113. The van der Waals surface area contributed by atoms with Crippen molar-refractivity contribution in [3.8, 4) is 0 Å². The van der Waals surface area contributed by atoms with Crippen LogP contribution in [0.25, 0.3) is 0 Å². The van der Waals surface area contributed by atoms with E-state index in [9.17, 15) is 9.59 Å². The molecule has 0 spiro atoms. The Bertz CT molecular complexity index is 696. The standard InChI is InChI=1S/C18H21N3O2/c1-12-7-9-14(10-8-12)20-17(22)11-16(21-18(19)23)15-6-4-3-5-13(15)2/h3-10,16H,11H2,1-2H3,(H,20,22)(H3,19,21,23). The molecule has 0 aliphatic heterocycles. The van der Waals surface area contributed by atoms with E-state index in [1.54, 1.807) is 0 Å². The van der Waals surface area contributed by atoms with Crippen LogP contribution in [0.1, 0.15) is 29.2 Å². The summed E-state index contributed by atoms with van der Waals surface area (Å²) in [5.74, 6) is -0.184. The van der Waals surface area contributed by atoms with Gasteiger partial charge in [-0.2, -0.15) is 0 Å². The molecular weight excluding hydrogens is 290 g/mol. The molecule has 5 nitrogen and oxygen atoms in total. The zero-order valence-corrected chi connectivity index (χ0v) is 13.3. The Morgan fingerprint density at radius 1 is 1.04 bits per heavy atom. The zero-order valence-electron chi connectivity index (χ0n) is 13.3. The van der Waals surface area contributed by atoms with Gasteiger partial charge in [0.1, 0.15) is 0 Å². The van der Waals surface area contributed by atoms with Crippen molar-refractivity contribution in [3.05, 3.63) is 65.2 Å². The molecule has 0 saturated carbocycles. The first kappa shape index (κ1) is 16.5. The van der Waals surface area contributed by atoms with Crippen LogP contribution in [-0.2, 0) is 4.79 Å². The third-order valence-corrected chi connectivity index (χ3v) is 3.61. The summed E-state index contributed by atoms with van der Waals surface area (Å²) in [6, 6.07) is 14.0. The highest BCUT2D eigenvalue weighted by atomic mass is 16.2. The summed E-state index contributed by atoms with van der Waals surface area (Å²) in [5, 5.41) is 5.47. The molecule has 0 heterocycles. The number of hydrogen-bond donors (Lipinski definition) is 3. The van der Waals surface area contributed by atoms with Crippen molar-refractivity contribution in [2.75, 3.05) is 5.32 Å². The van der Waals surface area contributed by atoms with Crippen molar-refractivity contribution in [3.63, 3.8) is 0 Å². The van der Waals surface area contributed by atoms with Gasteiger partial charge in [0.05, 0.1) is 12.5 Å². The van der Waals surface area contributed by atoms with Gasteiger partial charge in [-0.25, -0.2) is 4.79 Å². The summed E-state index contributed by atoms with van der Waals surface area (Å²) in [5.41, 5.74) is 8.97. The van der Waals surface area contributed by atoms with E-state index >= 15 is 0 Å². The number of benzene rings is 2. The van der Waals surface area contributed by atoms with E-state index in [0.29, 0.717) is 0 Å². The van der Waals surface area contributed by atoms with Crippen molar-refractivity contribution in [1.29, 1.82) is 0 Å². The fourth-order valence-electron chi connectivity index (χ4n) is 2.42. The van der Waals surface area contributed by atoms with E-state index < -0.39 is 12.1 Å². The maximum absolute atomic E-state index is 12.3. The van der Waals surface area contributed by atoms with Gasteiger partial charge < -0.3 is 16.4 Å². The fourth-order valence-corrected chi connectivity index (χ4v) is 2.42. The number of nitrogens with two attached hydrogens (primary N) is 1. The van der Waals surface area contributed by atoms with E-state index in [1.807, 2.05) is 62.4 Å². The molecule has 1 unspecified atom stereocenters. The number of hydrogen-bond acceptors (Lipinski definition) is 2. The van der Waals surface area contributed by atoms with Gasteiger partial charge >= 0.3 is 6.03 Å². The van der Waals surface area contributed by atoms with E-state index in [0.717, 1.165) is 22.4 Å². The Morgan fingerprint density at radius 2 is 1.70 bits per heavy atom. The molecule has 0 aromatic heterocycles. The minimum atomic E-state index is -0.651. The van der Waals surface area contributed by atoms with Crippen molar-refractivity contribution >= 4 is 17.6 Å². The number of rotatable bonds is 5. The number of carbonyl (C=O) groups is 2. The van der Waals surface area contributed by atoms with Crippen LogP contribution in [0.5, 0.6) is 0 Å². The lowest BCUT2D eigenvalue weighted by Gasteiger charge is -2.19. The number of primary amides is 1. The highest BCUT2D eigenvalue weighted by Gasteiger charge is 2.19. The van der Waals surface area contributed by atoms with Crippen LogP contribution in [0.4, 0.5) is 10.5 Å². The lowest BCUT2D eigenvalue weighted by atomic mass is 9.98. The SMILES string of the molecule is Cc1ccc(NC(=O)CC(NC(N)=O)c2ccccc2C)cc1. The largest absolute Gasteiger partial charge is 0.352 e. The molecule has 2 rings (SSSR count). The van der Waals surface area contributed by atoms with Gasteiger partial charge in [-0.3, -0.25) is 4.79 Å². The molecule has 120 valence electrons. The highest BCUT2D eigenvalue weighted by Crippen LogP contribution is 2.21. The average Bonchev–Trinajstić information content (AvgIpc) is 2.49. The van der Waals surface area contributed by atoms with Crippen molar-refractivity contribution in [2.24, 2.45) is 5.73 Å². The second kappa shape index (κ2) is 7.45. The van der Waals surface area contributed by atoms with Gasteiger partial charge in [0.25, 0.3) is 0 Å². The number of carbonyl (C=O) groups excluding carboxylic acids is 2. The molecule has 2 aromatic carbocycles. The molecular formula is C18H21N3O2. The normalized spacial score (nSPS) is 11.6. The summed E-state index contributed by atoms with van der Waals surface area (Å²) in [7, 11) is 0. The lowest BCUT2D eigenvalue weighted by molar-refractivity contribution is -0.116. The number of amides is 3. The van der Waals surface area contributed by atoms with Gasteiger partial charge in [0, 0.05) is 5.69 Å². The molecule has 0 fully saturated rings. The van der Waals surface area contributed by atoms with Gasteiger partial charge in [0.2, 0.25) is 5.91 Å². The van der Waals surface area contributed by atoms with Gasteiger partial charge in [-0.05, 0) is 37.1 Å². The van der Waals surface area contributed by atoms with Crippen molar-refractivity contribution in [1.82, 2.24) is 5.32 Å². The topological polar surface area (TPSA) is 84.2 Å². The fraction of sp³-hybridized carbons (Fsp3) is 0.222. The van der Waals surface area contributed by atoms with Gasteiger partial charge in [0.15, 0.2) is 0 Å². The Kier molecular flexibility index (Phi) is 5.36. The van der Waals surface area contributed by atoms with E-state index in [4.69, 9.17) is 5.73 Å². The first-order valence-corrected chi connectivity index (χ1v) is 7.43. The summed E-state index contributed by atoms with van der Waals surface area (Å²) in [6.45, 7) is 3.92. The van der Waals surface area contributed by atoms with E-state index in [-0.39, 0.29) is 12.3 Å². The first-order chi connectivity index (χ1) is 11.0. The Labute approximate surface area is 135 Å². The molecule has 0 aliphatic rings. The maximum atomic E-state index is 12.3. The van der Waals surface area contributed by atoms with Crippen LogP contribution in [0.2, 0.25) is 0 Å². The molecule has 3 amide bonds. The third kappa shape index (κ3) is 4.85. The van der Waals surface area contributed by atoms with Crippen molar-refractivity contribution in [2.45, 2.75) is 26.3 Å². The molecule has 4 N–H and O–H groups in total. The zero-order chi connectivity index (χ0) is 16.8. The van der Waals surface area contributed by atoms with Crippen LogP contribution in [0, 0.1) is 13.8 Å². The van der Waals surface area contributed by atoms with Crippen LogP contribution in [0.3, 0.4) is 0 Å². The highest BCUT2D eigenvalue weighted by molar-refractivity contribution is 5.91. The number of anilines is 1. The number of aryl methyl sites for hydroxylation is 2. The Balaban J connectivity index is 2.11. The van der Waals surface area contributed by atoms with Gasteiger partial charge in [-0.15, -0.1) is 0 Å². The lowest BCUT2D eigenvalue weighted by Crippen LogP contribution is -2.35. The maximum Gasteiger partial charge on any atom is 0.312 e. The van der Waals surface area contributed by atoms with Crippen LogP contribution < -0.4 is 16.4 Å². The second-order valence-corrected chi connectivity index (χ2v) is 5.54. The molecule has 0 bridgehead atoms. The number of urea groups is 1. The minimum absolute atomic E-state index is 0.113.